The number of thioether (sulfide) groups is 1. The second-order valence-corrected chi connectivity index (χ2v) is 7.03. The number of aromatic nitrogens is 2. The number of benzene rings is 2. The number of anilines is 1. The summed E-state index contributed by atoms with van der Waals surface area (Å²) in [6, 6.07) is 6.18. The maximum absolute atomic E-state index is 13.8. The van der Waals surface area contributed by atoms with Crippen LogP contribution in [0.1, 0.15) is 15.9 Å². The first-order valence-corrected chi connectivity index (χ1v) is 9.51. The zero-order valence-corrected chi connectivity index (χ0v) is 16.1. The molecule has 0 bridgehead atoms. The molecular formula is C18H11ClF5N3OS. The van der Waals surface area contributed by atoms with Crippen molar-refractivity contribution >= 4 is 35.1 Å². The average molecular weight is 448 g/mol. The van der Waals surface area contributed by atoms with Crippen molar-refractivity contribution in [3.8, 4) is 0 Å². The maximum Gasteiger partial charge on any atom is 0.258 e. The minimum atomic E-state index is -2.23. The SMILES string of the molecule is CSc1ccc(Cl)c(C(=O)Nc2ccn(Cc3c(F)c(F)c(F)c(F)c3F)n2)c1. The summed E-state index contributed by atoms with van der Waals surface area (Å²) in [6.07, 6.45) is 3.04. The Morgan fingerprint density at radius 3 is 2.31 bits per heavy atom. The molecule has 1 heterocycles. The molecule has 1 amide bonds. The first-order chi connectivity index (χ1) is 13.7. The Morgan fingerprint density at radius 1 is 1.07 bits per heavy atom. The molecule has 4 nitrogen and oxygen atoms in total. The molecule has 29 heavy (non-hydrogen) atoms. The Kier molecular flexibility index (Phi) is 6.13. The highest BCUT2D eigenvalue weighted by atomic mass is 35.5. The lowest BCUT2D eigenvalue weighted by Gasteiger charge is -2.08. The third-order valence-electron chi connectivity index (χ3n) is 3.92. The number of rotatable bonds is 5. The van der Waals surface area contributed by atoms with Crippen molar-refractivity contribution in [2.75, 3.05) is 11.6 Å². The molecule has 0 aliphatic carbocycles. The van der Waals surface area contributed by atoms with Crippen LogP contribution in [0.15, 0.2) is 35.4 Å². The van der Waals surface area contributed by atoms with Crippen LogP contribution in [-0.4, -0.2) is 21.9 Å². The van der Waals surface area contributed by atoms with Gasteiger partial charge in [0, 0.05) is 17.2 Å². The quantitative estimate of drug-likeness (QED) is 0.251. The van der Waals surface area contributed by atoms with Crippen LogP contribution < -0.4 is 5.32 Å². The maximum atomic E-state index is 13.8. The fourth-order valence-corrected chi connectivity index (χ4v) is 3.10. The van der Waals surface area contributed by atoms with Gasteiger partial charge in [-0.25, -0.2) is 22.0 Å². The van der Waals surface area contributed by atoms with E-state index < -0.39 is 47.1 Å². The highest BCUT2D eigenvalue weighted by Gasteiger charge is 2.26. The van der Waals surface area contributed by atoms with Crippen molar-refractivity contribution in [3.63, 3.8) is 0 Å². The van der Waals surface area contributed by atoms with Gasteiger partial charge in [-0.15, -0.1) is 11.8 Å². The number of hydrogen-bond acceptors (Lipinski definition) is 3. The molecule has 0 fully saturated rings. The number of carbonyl (C=O) groups is 1. The Bertz CT molecular complexity index is 1080. The molecule has 1 N–H and O–H groups in total. The van der Waals surface area contributed by atoms with Gasteiger partial charge in [-0.05, 0) is 24.5 Å². The van der Waals surface area contributed by atoms with E-state index in [1.807, 2.05) is 6.26 Å². The number of amides is 1. The standard InChI is InChI=1S/C18H11ClF5N3OS/c1-29-8-2-3-11(19)9(6-8)18(28)25-12-4-5-27(26-12)7-10-13(20)15(22)17(24)16(23)14(10)21/h2-6H,7H2,1H3,(H,25,26,28). The number of nitrogens with one attached hydrogen (secondary N) is 1. The molecule has 0 unspecified atom stereocenters. The van der Waals surface area contributed by atoms with Gasteiger partial charge in [-0.1, -0.05) is 11.6 Å². The summed E-state index contributed by atoms with van der Waals surface area (Å²) in [6.45, 7) is -0.732. The topological polar surface area (TPSA) is 46.9 Å². The fraction of sp³-hybridized carbons (Fsp3) is 0.111. The minimum absolute atomic E-state index is 0.00416. The van der Waals surface area contributed by atoms with Crippen molar-refractivity contribution in [1.82, 2.24) is 9.78 Å². The smallest absolute Gasteiger partial charge is 0.258 e. The Morgan fingerprint density at radius 2 is 1.69 bits per heavy atom. The van der Waals surface area contributed by atoms with Gasteiger partial charge in [0.1, 0.15) is 0 Å². The van der Waals surface area contributed by atoms with Crippen LogP contribution in [-0.2, 0) is 6.54 Å². The van der Waals surface area contributed by atoms with E-state index in [9.17, 15) is 26.7 Å². The molecule has 1 aromatic heterocycles. The first kappa shape index (κ1) is 21.1. The van der Waals surface area contributed by atoms with Crippen LogP contribution >= 0.6 is 23.4 Å². The summed E-state index contributed by atoms with van der Waals surface area (Å²) in [5.74, 6) is -10.8. The van der Waals surface area contributed by atoms with Gasteiger partial charge in [-0.3, -0.25) is 9.48 Å². The van der Waals surface area contributed by atoms with Crippen molar-refractivity contribution < 1.29 is 26.7 Å². The van der Waals surface area contributed by atoms with Crippen LogP contribution in [0.3, 0.4) is 0 Å². The number of hydrogen-bond donors (Lipinski definition) is 1. The van der Waals surface area contributed by atoms with Crippen LogP contribution in [0.2, 0.25) is 5.02 Å². The summed E-state index contributed by atoms with van der Waals surface area (Å²) in [5, 5.41) is 6.54. The largest absolute Gasteiger partial charge is 0.305 e. The molecule has 0 saturated heterocycles. The predicted molar refractivity (Wildman–Crippen MR) is 98.7 cm³/mol. The van der Waals surface area contributed by atoms with Crippen molar-refractivity contribution in [2.24, 2.45) is 0 Å². The van der Waals surface area contributed by atoms with Gasteiger partial charge < -0.3 is 5.32 Å². The summed E-state index contributed by atoms with van der Waals surface area (Å²) < 4.78 is 68.3. The van der Waals surface area contributed by atoms with E-state index in [0.717, 1.165) is 9.58 Å². The van der Waals surface area contributed by atoms with E-state index in [4.69, 9.17) is 11.6 Å². The zero-order valence-electron chi connectivity index (χ0n) is 14.6. The number of carbonyl (C=O) groups excluding carboxylic acids is 1. The molecular weight excluding hydrogens is 437 g/mol. The number of nitrogens with zero attached hydrogens (tertiary/aromatic N) is 2. The molecule has 0 radical (unpaired) electrons. The molecule has 152 valence electrons. The molecule has 0 aliphatic heterocycles. The lowest BCUT2D eigenvalue weighted by atomic mass is 10.1. The molecule has 3 aromatic rings. The lowest BCUT2D eigenvalue weighted by Crippen LogP contribution is -2.14. The van der Waals surface area contributed by atoms with Crippen molar-refractivity contribution in [3.05, 3.63) is 75.7 Å². The highest BCUT2D eigenvalue weighted by Crippen LogP contribution is 2.25. The Labute approximate surface area is 170 Å². The van der Waals surface area contributed by atoms with Gasteiger partial charge in [0.15, 0.2) is 29.1 Å². The summed E-state index contributed by atoms with van der Waals surface area (Å²) in [4.78, 5) is 13.2. The van der Waals surface area contributed by atoms with E-state index >= 15 is 0 Å². The molecule has 0 spiro atoms. The number of halogens is 6. The monoisotopic (exact) mass is 447 g/mol. The van der Waals surface area contributed by atoms with Crippen LogP contribution in [0.4, 0.5) is 27.8 Å². The van der Waals surface area contributed by atoms with Gasteiger partial charge in [0.25, 0.3) is 5.91 Å². The predicted octanol–water partition coefficient (Wildman–Crippen LogP) is 5.25. The highest BCUT2D eigenvalue weighted by molar-refractivity contribution is 7.98. The second kappa shape index (κ2) is 8.42. The van der Waals surface area contributed by atoms with Gasteiger partial charge in [-0.2, -0.15) is 5.10 Å². The van der Waals surface area contributed by atoms with E-state index in [1.54, 1.807) is 18.2 Å². The Balaban J connectivity index is 1.82. The normalized spacial score (nSPS) is 11.0. The van der Waals surface area contributed by atoms with Crippen LogP contribution in [0, 0.1) is 29.1 Å². The Hall–Kier alpha value is -2.59. The molecule has 11 heteroatoms. The molecule has 0 atom stereocenters. The zero-order chi connectivity index (χ0) is 21.3. The van der Waals surface area contributed by atoms with Gasteiger partial charge in [0.2, 0.25) is 5.82 Å². The van der Waals surface area contributed by atoms with Crippen molar-refractivity contribution in [1.29, 1.82) is 0 Å². The fourth-order valence-electron chi connectivity index (χ4n) is 2.46. The second-order valence-electron chi connectivity index (χ2n) is 5.75. The molecule has 2 aromatic carbocycles. The minimum Gasteiger partial charge on any atom is -0.305 e. The van der Waals surface area contributed by atoms with Crippen molar-refractivity contribution in [2.45, 2.75) is 11.4 Å². The average Bonchev–Trinajstić information content (AvgIpc) is 3.15. The first-order valence-electron chi connectivity index (χ1n) is 7.91. The summed E-state index contributed by atoms with van der Waals surface area (Å²) in [5.41, 5.74) is -0.856. The summed E-state index contributed by atoms with van der Waals surface area (Å²) >= 11 is 7.43. The van der Waals surface area contributed by atoms with E-state index in [2.05, 4.69) is 10.4 Å². The van der Waals surface area contributed by atoms with Gasteiger partial charge >= 0.3 is 0 Å². The summed E-state index contributed by atoms with van der Waals surface area (Å²) in [7, 11) is 0. The molecule has 3 rings (SSSR count). The van der Waals surface area contributed by atoms with E-state index in [1.165, 1.54) is 24.0 Å². The van der Waals surface area contributed by atoms with Gasteiger partial charge in [0.05, 0.1) is 22.7 Å². The van der Waals surface area contributed by atoms with Crippen LogP contribution in [0.5, 0.6) is 0 Å². The molecule has 0 aliphatic rings. The van der Waals surface area contributed by atoms with E-state index in [-0.39, 0.29) is 16.4 Å². The third-order valence-corrected chi connectivity index (χ3v) is 4.98. The van der Waals surface area contributed by atoms with E-state index in [0.29, 0.717) is 0 Å². The third kappa shape index (κ3) is 4.23. The van der Waals surface area contributed by atoms with Crippen LogP contribution in [0.25, 0.3) is 0 Å². The molecule has 0 saturated carbocycles. The lowest BCUT2D eigenvalue weighted by molar-refractivity contribution is 0.102.